The average molecular weight is 450 g/mol. The van der Waals surface area contributed by atoms with E-state index in [9.17, 15) is 13.2 Å². The van der Waals surface area contributed by atoms with E-state index in [1.807, 2.05) is 18.3 Å². The van der Waals surface area contributed by atoms with E-state index in [4.69, 9.17) is 9.88 Å². The number of nitrogens with zero attached hydrogens (tertiary/aromatic N) is 1. The number of aromatic nitrogens is 2. The Hall–Kier alpha value is -3.33. The van der Waals surface area contributed by atoms with Gasteiger partial charge in [0.05, 0.1) is 4.90 Å². The molecule has 8 heteroatoms. The Kier molecular flexibility index (Phi) is 6.18. The highest BCUT2D eigenvalue weighted by molar-refractivity contribution is 7.89. The minimum atomic E-state index is -3.88. The lowest BCUT2D eigenvalue weighted by Crippen LogP contribution is -2.13. The topological polar surface area (TPSA) is 115 Å². The third-order valence-corrected chi connectivity index (χ3v) is 6.19. The van der Waals surface area contributed by atoms with Gasteiger partial charge < -0.3 is 9.72 Å². The molecule has 0 unspecified atom stereocenters. The van der Waals surface area contributed by atoms with E-state index in [2.05, 4.69) is 16.0 Å². The van der Waals surface area contributed by atoms with E-state index in [1.54, 1.807) is 31.5 Å². The fraction of sp³-hybridized carbons (Fsp3) is 0.167. The number of aromatic amines is 1. The lowest BCUT2D eigenvalue weighted by atomic mass is 9.99. The first-order valence-electron chi connectivity index (χ1n) is 10.1. The number of primary sulfonamides is 1. The maximum atomic E-state index is 12.9. The highest BCUT2D eigenvalue weighted by atomic mass is 32.2. The number of ether oxygens (including phenoxy) is 1. The first-order valence-corrected chi connectivity index (χ1v) is 11.6. The normalized spacial score (nSPS) is 11.7. The third kappa shape index (κ3) is 4.62. The van der Waals surface area contributed by atoms with Crippen LogP contribution in [0.25, 0.3) is 22.0 Å². The zero-order chi connectivity index (χ0) is 22.7. The van der Waals surface area contributed by atoms with Crippen LogP contribution in [0.1, 0.15) is 28.0 Å². The van der Waals surface area contributed by atoms with Crippen LogP contribution < -0.4 is 5.14 Å². The summed E-state index contributed by atoms with van der Waals surface area (Å²) >= 11 is 0. The fourth-order valence-corrected chi connectivity index (χ4v) is 4.23. The molecule has 0 aliphatic rings. The molecule has 0 spiro atoms. The molecule has 0 saturated heterocycles. The molecule has 0 radical (unpaired) electrons. The van der Waals surface area contributed by atoms with Crippen molar-refractivity contribution in [2.75, 3.05) is 13.7 Å². The number of hydrogen-bond donors (Lipinski definition) is 2. The van der Waals surface area contributed by atoms with E-state index in [0.29, 0.717) is 12.2 Å². The number of carbonyl (C=O) groups excluding carboxylic acids is 1. The van der Waals surface area contributed by atoms with Crippen molar-refractivity contribution in [2.45, 2.75) is 17.7 Å². The molecule has 0 aliphatic carbocycles. The van der Waals surface area contributed by atoms with Crippen LogP contribution in [0.5, 0.6) is 0 Å². The molecule has 0 saturated carbocycles. The van der Waals surface area contributed by atoms with Gasteiger partial charge >= 0.3 is 0 Å². The van der Waals surface area contributed by atoms with Crippen LogP contribution in [0.2, 0.25) is 0 Å². The van der Waals surface area contributed by atoms with E-state index in [-0.39, 0.29) is 16.2 Å². The van der Waals surface area contributed by atoms with Gasteiger partial charge in [0.2, 0.25) is 10.0 Å². The molecule has 2 heterocycles. The van der Waals surface area contributed by atoms with Crippen LogP contribution >= 0.6 is 0 Å². The molecule has 7 nitrogen and oxygen atoms in total. The minimum Gasteiger partial charge on any atom is -0.385 e. The van der Waals surface area contributed by atoms with Crippen molar-refractivity contribution in [3.05, 3.63) is 83.8 Å². The second-order valence-corrected chi connectivity index (χ2v) is 9.06. The van der Waals surface area contributed by atoms with Gasteiger partial charge in [-0.3, -0.25) is 9.78 Å². The summed E-state index contributed by atoms with van der Waals surface area (Å²) in [5.74, 6) is -0.280. The van der Waals surface area contributed by atoms with Crippen LogP contribution in [0.3, 0.4) is 0 Å². The molecule has 2 aromatic heterocycles. The average Bonchev–Trinajstić information content (AvgIpc) is 3.22. The highest BCUT2D eigenvalue weighted by Gasteiger charge is 2.15. The molecular formula is C24H23N3O4S. The van der Waals surface area contributed by atoms with E-state index >= 15 is 0 Å². The molecule has 164 valence electrons. The Morgan fingerprint density at radius 1 is 1.09 bits per heavy atom. The second-order valence-electron chi connectivity index (χ2n) is 7.50. The number of benzene rings is 2. The Bertz CT molecular complexity index is 1390. The molecule has 4 aromatic rings. The number of methoxy groups -OCH3 is 1. The zero-order valence-corrected chi connectivity index (χ0v) is 18.4. The van der Waals surface area contributed by atoms with Crippen molar-refractivity contribution in [1.29, 1.82) is 0 Å². The van der Waals surface area contributed by atoms with Crippen molar-refractivity contribution in [3.8, 4) is 11.1 Å². The maximum Gasteiger partial charge on any atom is 0.238 e. The number of aryl methyl sites for hydroxylation is 1. The highest BCUT2D eigenvalue weighted by Crippen LogP contribution is 2.30. The molecule has 0 atom stereocenters. The fourth-order valence-electron chi connectivity index (χ4n) is 3.67. The van der Waals surface area contributed by atoms with Crippen LogP contribution in [0.4, 0.5) is 0 Å². The van der Waals surface area contributed by atoms with Gasteiger partial charge in [0, 0.05) is 59.4 Å². The van der Waals surface area contributed by atoms with Crippen molar-refractivity contribution in [2.24, 2.45) is 5.14 Å². The van der Waals surface area contributed by atoms with Crippen LogP contribution in [0, 0.1) is 0 Å². The Balaban J connectivity index is 1.64. The van der Waals surface area contributed by atoms with E-state index < -0.39 is 10.0 Å². The molecule has 32 heavy (non-hydrogen) atoms. The van der Waals surface area contributed by atoms with Gasteiger partial charge in [-0.2, -0.15) is 0 Å². The first-order chi connectivity index (χ1) is 15.4. The summed E-state index contributed by atoms with van der Waals surface area (Å²) in [5, 5.41) is 6.17. The molecule has 0 bridgehead atoms. The smallest absolute Gasteiger partial charge is 0.238 e. The van der Waals surface area contributed by atoms with Gasteiger partial charge in [-0.1, -0.05) is 24.3 Å². The number of carbonyl (C=O) groups is 1. The number of H-pyrrole nitrogens is 1. The molecule has 0 fully saturated rings. The number of rotatable bonds is 8. The number of hydrogen-bond acceptors (Lipinski definition) is 5. The van der Waals surface area contributed by atoms with Crippen molar-refractivity contribution in [1.82, 2.24) is 9.97 Å². The third-order valence-electron chi connectivity index (χ3n) is 5.28. The molecular weight excluding hydrogens is 426 g/mol. The Morgan fingerprint density at radius 2 is 1.91 bits per heavy atom. The number of nitrogens with one attached hydrogen (secondary N) is 1. The van der Waals surface area contributed by atoms with Gasteiger partial charge in [0.1, 0.15) is 0 Å². The van der Waals surface area contributed by atoms with Gasteiger partial charge in [0.25, 0.3) is 0 Å². The van der Waals surface area contributed by atoms with Gasteiger partial charge in [0.15, 0.2) is 5.78 Å². The summed E-state index contributed by atoms with van der Waals surface area (Å²) in [5.41, 5.74) is 4.58. The summed E-state index contributed by atoms with van der Waals surface area (Å²) < 4.78 is 28.3. The molecule has 3 N–H and O–H groups in total. The van der Waals surface area contributed by atoms with Crippen LogP contribution in [0.15, 0.2) is 71.9 Å². The number of pyridine rings is 1. The predicted molar refractivity (Wildman–Crippen MR) is 123 cm³/mol. The number of sulfonamides is 1. The van der Waals surface area contributed by atoms with Crippen LogP contribution in [-0.4, -0.2) is 37.9 Å². The van der Waals surface area contributed by atoms with Crippen molar-refractivity contribution < 1.29 is 17.9 Å². The van der Waals surface area contributed by atoms with Gasteiger partial charge in [-0.05, 0) is 48.7 Å². The van der Waals surface area contributed by atoms with Crippen LogP contribution in [-0.2, 0) is 21.2 Å². The predicted octanol–water partition coefficient (Wildman–Crippen LogP) is 3.69. The van der Waals surface area contributed by atoms with Crippen molar-refractivity contribution >= 4 is 26.7 Å². The number of ketones is 1. The largest absolute Gasteiger partial charge is 0.385 e. The summed E-state index contributed by atoms with van der Waals surface area (Å²) in [4.78, 5) is 20.5. The number of fused-ring (bicyclic) bond motifs is 1. The molecule has 0 aliphatic heterocycles. The minimum absolute atomic E-state index is 0.0921. The zero-order valence-electron chi connectivity index (χ0n) is 17.5. The Morgan fingerprint density at radius 3 is 2.69 bits per heavy atom. The summed E-state index contributed by atoms with van der Waals surface area (Å²) in [6.07, 6.45) is 5.45. The molecule has 2 aromatic carbocycles. The lowest BCUT2D eigenvalue weighted by Gasteiger charge is -2.06. The quantitative estimate of drug-likeness (QED) is 0.314. The first kappa shape index (κ1) is 21.9. The summed E-state index contributed by atoms with van der Waals surface area (Å²) in [6, 6.07) is 15.2. The van der Waals surface area contributed by atoms with E-state index in [0.717, 1.165) is 40.6 Å². The van der Waals surface area contributed by atoms with Crippen molar-refractivity contribution in [3.63, 3.8) is 0 Å². The number of nitrogens with two attached hydrogens (primary N) is 1. The Labute approximate surface area is 186 Å². The standard InChI is InChI=1S/C24H23N3O4S/c1-31-11-3-5-19-12-16(9-10-26-19)22-15-27-23-14-18(7-8-21(22)23)24(28)17-4-2-6-20(13-17)32(25,29)30/h2,4,6-10,12-15,27H,3,5,11H2,1H3,(H2,25,29,30). The SMILES string of the molecule is COCCCc1cc(-c2c[nH]c3cc(C(=O)c4cccc(S(N)(=O)=O)c4)ccc23)ccn1. The summed E-state index contributed by atoms with van der Waals surface area (Å²) in [6.45, 7) is 0.690. The molecule has 4 rings (SSSR count). The van der Waals surface area contributed by atoms with E-state index in [1.165, 1.54) is 18.2 Å². The summed E-state index contributed by atoms with van der Waals surface area (Å²) in [7, 11) is -2.20. The second kappa shape index (κ2) is 9.04. The molecule has 0 amide bonds. The maximum absolute atomic E-state index is 12.9. The van der Waals surface area contributed by atoms with Gasteiger partial charge in [-0.15, -0.1) is 0 Å². The lowest BCUT2D eigenvalue weighted by molar-refractivity contribution is 0.103. The monoisotopic (exact) mass is 449 g/mol. The van der Waals surface area contributed by atoms with Gasteiger partial charge in [-0.25, -0.2) is 13.6 Å².